The van der Waals surface area contributed by atoms with Gasteiger partial charge < -0.3 is 4.90 Å². The topological polar surface area (TPSA) is 66.5 Å². The van der Waals surface area contributed by atoms with Gasteiger partial charge in [0.2, 0.25) is 10.0 Å². The van der Waals surface area contributed by atoms with E-state index in [0.29, 0.717) is 35.7 Å². The second kappa shape index (κ2) is 11.0. The van der Waals surface area contributed by atoms with Gasteiger partial charge in [-0.25, -0.2) is 8.42 Å². The van der Waals surface area contributed by atoms with Gasteiger partial charge in [0, 0.05) is 23.1 Å². The van der Waals surface area contributed by atoms with Crippen LogP contribution in [0, 0.1) is 6.92 Å². The molecule has 0 radical (unpaired) electrons. The van der Waals surface area contributed by atoms with E-state index >= 15 is 0 Å². The quantitative estimate of drug-likeness (QED) is 0.265. The fourth-order valence-corrected chi connectivity index (χ4v) is 6.68. The summed E-state index contributed by atoms with van der Waals surface area (Å²) >= 11 is 9.85. The summed E-state index contributed by atoms with van der Waals surface area (Å²) in [4.78, 5) is 15.4. The van der Waals surface area contributed by atoms with Crippen LogP contribution in [0.1, 0.15) is 44.2 Å². The second-order valence-electron chi connectivity index (χ2n) is 9.33. The van der Waals surface area contributed by atoms with Crippen molar-refractivity contribution in [2.24, 2.45) is 0 Å². The highest BCUT2D eigenvalue weighted by Crippen LogP contribution is 2.33. The van der Waals surface area contributed by atoms with E-state index in [-0.39, 0.29) is 10.8 Å². The Balaban J connectivity index is 1.45. The summed E-state index contributed by atoms with van der Waals surface area (Å²) in [6.07, 6.45) is 0.700. The molecular weight excluding hydrogens is 584 g/mol. The van der Waals surface area contributed by atoms with Crippen molar-refractivity contribution in [2.45, 2.75) is 30.8 Å². The van der Waals surface area contributed by atoms with Crippen molar-refractivity contribution in [3.8, 4) is 0 Å². The molecule has 1 N–H and O–H groups in total. The summed E-state index contributed by atoms with van der Waals surface area (Å²) in [7, 11) is -3.97. The van der Waals surface area contributed by atoms with Crippen molar-refractivity contribution >= 4 is 43.5 Å². The van der Waals surface area contributed by atoms with Crippen LogP contribution in [0.3, 0.4) is 0 Å². The smallest absolute Gasteiger partial charge is 0.254 e. The van der Waals surface area contributed by atoms with E-state index in [1.807, 2.05) is 79.7 Å². The van der Waals surface area contributed by atoms with E-state index in [1.54, 1.807) is 17.0 Å². The second-order valence-corrected chi connectivity index (χ2v) is 12.2. The summed E-state index contributed by atoms with van der Waals surface area (Å²) in [6, 6.07) is 26.8. The van der Waals surface area contributed by atoms with Crippen LogP contribution in [0.2, 0.25) is 5.02 Å². The van der Waals surface area contributed by atoms with Crippen LogP contribution in [-0.2, 0) is 23.0 Å². The van der Waals surface area contributed by atoms with Crippen molar-refractivity contribution in [1.29, 1.82) is 0 Å². The fourth-order valence-electron chi connectivity index (χ4n) is 4.75. The van der Waals surface area contributed by atoms with Gasteiger partial charge in [0.05, 0.1) is 16.0 Å². The minimum absolute atomic E-state index is 0.0462. The third-order valence-corrected chi connectivity index (χ3v) is 9.74. The first-order valence-electron chi connectivity index (χ1n) is 12.2. The van der Waals surface area contributed by atoms with Gasteiger partial charge in [0.1, 0.15) is 0 Å². The lowest BCUT2D eigenvalue weighted by atomic mass is 9.98. The summed E-state index contributed by atoms with van der Waals surface area (Å²) in [5.74, 6) is -0.209. The van der Waals surface area contributed by atoms with Crippen molar-refractivity contribution in [3.05, 3.63) is 134 Å². The maximum atomic E-state index is 13.6. The largest absolute Gasteiger partial charge is 0.334 e. The first kappa shape index (κ1) is 26.6. The van der Waals surface area contributed by atoms with E-state index in [0.717, 1.165) is 26.7 Å². The van der Waals surface area contributed by atoms with E-state index in [2.05, 4.69) is 20.7 Å². The number of halogens is 2. The Hall–Kier alpha value is -2.97. The Morgan fingerprint density at radius 2 is 1.58 bits per heavy atom. The SMILES string of the molecule is Cc1ccc(S(=O)(=O)NC(c2ccccc2)c2ccccc2)cc1C(=O)N1CCc2ccc(Cl)c(Br)c2C1. The molecule has 4 aromatic rings. The van der Waals surface area contributed by atoms with Crippen LogP contribution >= 0.6 is 27.5 Å². The molecule has 1 amide bonds. The predicted octanol–water partition coefficient (Wildman–Crippen LogP) is 6.68. The zero-order chi connectivity index (χ0) is 26.9. The van der Waals surface area contributed by atoms with Crippen molar-refractivity contribution < 1.29 is 13.2 Å². The Morgan fingerprint density at radius 3 is 2.21 bits per heavy atom. The Morgan fingerprint density at radius 1 is 0.947 bits per heavy atom. The predicted molar refractivity (Wildman–Crippen MR) is 154 cm³/mol. The minimum Gasteiger partial charge on any atom is -0.334 e. The van der Waals surface area contributed by atoms with Crippen molar-refractivity contribution in [3.63, 3.8) is 0 Å². The molecule has 1 heterocycles. The number of benzene rings is 4. The normalized spacial score (nSPS) is 13.4. The molecule has 1 aliphatic heterocycles. The number of hydrogen-bond donors (Lipinski definition) is 1. The molecule has 0 fully saturated rings. The molecule has 5 rings (SSSR count). The number of sulfonamides is 1. The summed E-state index contributed by atoms with van der Waals surface area (Å²) in [6.45, 7) is 2.76. The lowest BCUT2D eigenvalue weighted by molar-refractivity contribution is 0.0733. The molecule has 0 saturated carbocycles. The molecule has 4 aromatic carbocycles. The molecule has 0 atom stereocenters. The standard InChI is InChI=1S/C30H26BrClN2O3S/c1-20-12-14-24(18-25(20)30(35)34-17-16-21-13-15-27(32)28(31)26(21)19-34)38(36,37)33-29(22-8-4-2-5-9-22)23-10-6-3-7-11-23/h2-15,18,29,33H,16-17,19H2,1H3. The zero-order valence-corrected chi connectivity index (χ0v) is 23.9. The van der Waals surface area contributed by atoms with Gasteiger partial charge in [-0.2, -0.15) is 4.72 Å². The third kappa shape index (κ3) is 5.43. The van der Waals surface area contributed by atoms with Gasteiger partial charge in [-0.15, -0.1) is 0 Å². The molecule has 8 heteroatoms. The maximum absolute atomic E-state index is 13.6. The molecule has 38 heavy (non-hydrogen) atoms. The van der Waals surface area contributed by atoms with Crippen LogP contribution in [0.5, 0.6) is 0 Å². The van der Waals surface area contributed by atoms with Crippen LogP contribution in [0.15, 0.2) is 100 Å². The number of aryl methyl sites for hydroxylation is 1. The average molecular weight is 610 g/mol. The Bertz CT molecular complexity index is 1560. The summed E-state index contributed by atoms with van der Waals surface area (Å²) in [5, 5.41) is 0.597. The van der Waals surface area contributed by atoms with Gasteiger partial charge in [-0.1, -0.05) is 84.4 Å². The average Bonchev–Trinajstić information content (AvgIpc) is 2.94. The summed E-state index contributed by atoms with van der Waals surface area (Å²) < 4.78 is 30.9. The Labute approximate surface area is 236 Å². The number of nitrogens with zero attached hydrogens (tertiary/aromatic N) is 1. The first-order chi connectivity index (χ1) is 18.2. The van der Waals surface area contributed by atoms with Gasteiger partial charge in [0.15, 0.2) is 0 Å². The third-order valence-electron chi connectivity index (χ3n) is 6.87. The molecule has 0 bridgehead atoms. The number of carbonyl (C=O) groups is 1. The molecule has 194 valence electrons. The highest BCUT2D eigenvalue weighted by molar-refractivity contribution is 9.10. The lowest BCUT2D eigenvalue weighted by Gasteiger charge is -2.30. The van der Waals surface area contributed by atoms with Gasteiger partial charge >= 0.3 is 0 Å². The van der Waals surface area contributed by atoms with Crippen molar-refractivity contribution in [2.75, 3.05) is 6.54 Å². The van der Waals surface area contributed by atoms with Crippen LogP contribution < -0.4 is 4.72 Å². The molecule has 1 aliphatic rings. The summed E-state index contributed by atoms with van der Waals surface area (Å²) in [5.41, 5.74) is 4.85. The molecule has 0 unspecified atom stereocenters. The molecule has 0 aliphatic carbocycles. The van der Waals surface area contributed by atoms with E-state index in [4.69, 9.17) is 11.6 Å². The first-order valence-corrected chi connectivity index (χ1v) is 14.9. The minimum atomic E-state index is -3.97. The van der Waals surface area contributed by atoms with Gasteiger partial charge in [-0.05, 0) is 75.3 Å². The monoisotopic (exact) mass is 608 g/mol. The number of amides is 1. The molecule has 0 saturated heterocycles. The number of rotatable bonds is 6. The highest BCUT2D eigenvalue weighted by Gasteiger charge is 2.28. The van der Waals surface area contributed by atoms with Gasteiger partial charge in [-0.3, -0.25) is 4.79 Å². The maximum Gasteiger partial charge on any atom is 0.254 e. The van der Waals surface area contributed by atoms with E-state index < -0.39 is 16.1 Å². The lowest BCUT2D eigenvalue weighted by Crippen LogP contribution is -2.36. The highest BCUT2D eigenvalue weighted by atomic mass is 79.9. The van der Waals surface area contributed by atoms with Crippen LogP contribution in [-0.4, -0.2) is 25.8 Å². The van der Waals surface area contributed by atoms with Crippen molar-refractivity contribution in [1.82, 2.24) is 9.62 Å². The fraction of sp³-hybridized carbons (Fsp3) is 0.167. The Kier molecular flexibility index (Phi) is 7.73. The van der Waals surface area contributed by atoms with E-state index in [9.17, 15) is 13.2 Å². The van der Waals surface area contributed by atoms with Crippen LogP contribution in [0.25, 0.3) is 0 Å². The van der Waals surface area contributed by atoms with Crippen LogP contribution in [0.4, 0.5) is 0 Å². The number of hydrogen-bond acceptors (Lipinski definition) is 3. The molecular formula is C30H26BrClN2O3S. The molecule has 0 aromatic heterocycles. The number of fused-ring (bicyclic) bond motifs is 1. The number of carbonyl (C=O) groups excluding carboxylic acids is 1. The van der Waals surface area contributed by atoms with E-state index in [1.165, 1.54) is 6.07 Å². The number of nitrogens with one attached hydrogen (secondary N) is 1. The molecule has 5 nitrogen and oxygen atoms in total. The van der Waals surface area contributed by atoms with Gasteiger partial charge in [0.25, 0.3) is 5.91 Å². The zero-order valence-electron chi connectivity index (χ0n) is 20.7. The molecule has 0 spiro atoms.